The van der Waals surface area contributed by atoms with Gasteiger partial charge < -0.3 is 15.4 Å². The first-order chi connectivity index (χ1) is 12.2. The Morgan fingerprint density at radius 2 is 1.78 bits per heavy atom. The van der Waals surface area contributed by atoms with E-state index in [0.717, 1.165) is 18.3 Å². The first-order valence-electron chi connectivity index (χ1n) is 9.12. The molecule has 1 aromatic rings. The molecule has 0 aromatic heterocycles. The lowest BCUT2D eigenvalue weighted by Crippen LogP contribution is -2.43. The second-order valence-corrected chi connectivity index (χ2v) is 8.98. The zero-order valence-corrected chi connectivity index (χ0v) is 20.1. The summed E-state index contributed by atoms with van der Waals surface area (Å²) < 4.78 is 28.5. The highest BCUT2D eigenvalue weighted by atomic mass is 127. The third-order valence-corrected chi connectivity index (χ3v) is 5.07. The van der Waals surface area contributed by atoms with Gasteiger partial charge in [-0.15, -0.1) is 24.0 Å². The molecule has 0 saturated heterocycles. The summed E-state index contributed by atoms with van der Waals surface area (Å²) in [5, 5.41) is 6.60. The molecular weight excluding hydrogens is 477 g/mol. The zero-order chi connectivity index (χ0) is 19.6. The van der Waals surface area contributed by atoms with E-state index in [1.165, 1.54) is 19.1 Å². The minimum atomic E-state index is -3.17. The molecule has 0 heterocycles. The van der Waals surface area contributed by atoms with E-state index >= 15 is 0 Å². The lowest BCUT2D eigenvalue weighted by Gasteiger charge is -2.18. The molecule has 1 aromatic carbocycles. The molecule has 156 valence electrons. The van der Waals surface area contributed by atoms with Gasteiger partial charge in [-0.05, 0) is 43.5 Å². The second-order valence-electron chi connectivity index (χ2n) is 6.96. The van der Waals surface area contributed by atoms with Crippen molar-refractivity contribution in [2.24, 2.45) is 10.9 Å². The molecule has 27 heavy (non-hydrogen) atoms. The number of aliphatic imine (C=N–C) groups is 1. The van der Waals surface area contributed by atoms with Gasteiger partial charge in [-0.3, -0.25) is 4.99 Å². The normalized spacial score (nSPS) is 13.0. The number of hydrogen-bond donors (Lipinski definition) is 2. The van der Waals surface area contributed by atoms with Crippen molar-refractivity contribution >= 4 is 39.8 Å². The Morgan fingerprint density at radius 3 is 2.30 bits per heavy atom. The largest absolute Gasteiger partial charge is 0.492 e. The number of sulfone groups is 1. The first kappa shape index (κ1) is 26.0. The summed E-state index contributed by atoms with van der Waals surface area (Å²) in [7, 11) is -1.42. The van der Waals surface area contributed by atoms with Gasteiger partial charge in [0, 0.05) is 19.3 Å². The topological polar surface area (TPSA) is 79.8 Å². The Balaban J connectivity index is 0.00000676. The van der Waals surface area contributed by atoms with E-state index in [0.29, 0.717) is 29.8 Å². The van der Waals surface area contributed by atoms with Crippen LogP contribution < -0.4 is 15.4 Å². The zero-order valence-electron chi connectivity index (χ0n) is 17.0. The number of rotatable bonds is 10. The Kier molecular flexibility index (Phi) is 12.7. The van der Waals surface area contributed by atoms with Crippen molar-refractivity contribution in [2.75, 3.05) is 26.5 Å². The third-order valence-electron chi connectivity index (χ3n) is 3.94. The number of ether oxygens (including phenoxy) is 1. The molecule has 0 amide bonds. The maximum Gasteiger partial charge on any atom is 0.191 e. The van der Waals surface area contributed by atoms with Gasteiger partial charge in [0.2, 0.25) is 0 Å². The lowest BCUT2D eigenvalue weighted by atomic mass is 10.0. The molecule has 1 rings (SSSR count). The van der Waals surface area contributed by atoms with Crippen molar-refractivity contribution in [2.45, 2.75) is 51.0 Å². The van der Waals surface area contributed by atoms with Crippen LogP contribution in [0.4, 0.5) is 0 Å². The summed E-state index contributed by atoms with van der Waals surface area (Å²) >= 11 is 0. The monoisotopic (exact) mass is 511 g/mol. The van der Waals surface area contributed by atoms with Crippen LogP contribution in [-0.2, 0) is 9.84 Å². The highest BCUT2D eigenvalue weighted by Crippen LogP contribution is 2.15. The van der Waals surface area contributed by atoms with E-state index in [2.05, 4.69) is 36.4 Å². The highest BCUT2D eigenvalue weighted by Gasteiger charge is 2.07. The molecule has 6 nitrogen and oxygen atoms in total. The fourth-order valence-corrected chi connectivity index (χ4v) is 3.08. The molecule has 8 heteroatoms. The molecule has 1 unspecified atom stereocenters. The van der Waals surface area contributed by atoms with Gasteiger partial charge in [0.15, 0.2) is 15.8 Å². The van der Waals surface area contributed by atoms with Crippen LogP contribution in [0.1, 0.15) is 40.0 Å². The quantitative estimate of drug-likeness (QED) is 0.218. The van der Waals surface area contributed by atoms with Crippen molar-refractivity contribution < 1.29 is 13.2 Å². The van der Waals surface area contributed by atoms with Crippen LogP contribution in [0.2, 0.25) is 0 Å². The minimum absolute atomic E-state index is 0. The van der Waals surface area contributed by atoms with Crippen LogP contribution in [0.15, 0.2) is 34.2 Å². The molecule has 0 fully saturated rings. The molecule has 0 aliphatic carbocycles. The molecule has 0 aliphatic rings. The molecule has 0 bridgehead atoms. The van der Waals surface area contributed by atoms with Gasteiger partial charge >= 0.3 is 0 Å². The van der Waals surface area contributed by atoms with Gasteiger partial charge in [0.05, 0.1) is 11.4 Å². The summed E-state index contributed by atoms with van der Waals surface area (Å²) in [5.41, 5.74) is 0. The number of hydrogen-bond acceptors (Lipinski definition) is 4. The van der Waals surface area contributed by atoms with E-state index in [1.807, 2.05) is 0 Å². The number of benzene rings is 1. The SMILES string of the molecule is CN=C(NCCOc1ccc(S(C)(=O)=O)cc1)NC(C)CCCC(C)C.I. The molecule has 0 radical (unpaired) electrons. The summed E-state index contributed by atoms with van der Waals surface area (Å²) in [4.78, 5) is 4.52. The average Bonchev–Trinajstić information content (AvgIpc) is 2.56. The summed E-state index contributed by atoms with van der Waals surface area (Å²) in [5.74, 6) is 2.14. The minimum Gasteiger partial charge on any atom is -0.492 e. The predicted molar refractivity (Wildman–Crippen MR) is 123 cm³/mol. The van der Waals surface area contributed by atoms with Gasteiger partial charge in [-0.25, -0.2) is 8.42 Å². The maximum atomic E-state index is 11.4. The fraction of sp³-hybridized carbons (Fsp3) is 0.632. The number of halogens is 1. The van der Waals surface area contributed by atoms with E-state index in [1.54, 1.807) is 31.3 Å². The highest BCUT2D eigenvalue weighted by molar-refractivity contribution is 14.0. The predicted octanol–water partition coefficient (Wildman–Crippen LogP) is 3.47. The maximum absolute atomic E-state index is 11.4. The van der Waals surface area contributed by atoms with E-state index < -0.39 is 9.84 Å². The average molecular weight is 511 g/mol. The van der Waals surface area contributed by atoms with Crippen LogP contribution in [0.3, 0.4) is 0 Å². The van der Waals surface area contributed by atoms with Gasteiger partial charge in [-0.1, -0.05) is 26.7 Å². The second kappa shape index (κ2) is 13.2. The standard InChI is InChI=1S/C19H33N3O3S.HI/c1-15(2)7-6-8-16(3)22-19(20-4)21-13-14-25-17-9-11-18(12-10-17)26(5,23)24;/h9-12,15-16H,6-8,13-14H2,1-5H3,(H2,20,21,22);1H. The molecule has 0 saturated carbocycles. The van der Waals surface area contributed by atoms with Crippen LogP contribution in [-0.4, -0.2) is 46.9 Å². The number of guanidine groups is 1. The van der Waals surface area contributed by atoms with E-state index in [9.17, 15) is 8.42 Å². The molecule has 0 spiro atoms. The first-order valence-corrected chi connectivity index (χ1v) is 11.0. The van der Waals surface area contributed by atoms with Gasteiger partial charge in [0.25, 0.3) is 0 Å². The summed E-state index contributed by atoms with van der Waals surface area (Å²) in [6.07, 6.45) is 4.75. The van der Waals surface area contributed by atoms with E-state index in [4.69, 9.17) is 4.74 Å². The lowest BCUT2D eigenvalue weighted by molar-refractivity contribution is 0.321. The van der Waals surface area contributed by atoms with Gasteiger partial charge in [0.1, 0.15) is 12.4 Å². The Labute approximate surface area is 181 Å². The smallest absolute Gasteiger partial charge is 0.191 e. The van der Waals surface area contributed by atoms with Gasteiger partial charge in [-0.2, -0.15) is 0 Å². The van der Waals surface area contributed by atoms with E-state index in [-0.39, 0.29) is 24.0 Å². The third kappa shape index (κ3) is 11.4. The number of nitrogens with one attached hydrogen (secondary N) is 2. The van der Waals surface area contributed by atoms with Crippen LogP contribution in [0.5, 0.6) is 5.75 Å². The Morgan fingerprint density at radius 1 is 1.15 bits per heavy atom. The van der Waals surface area contributed by atoms with Crippen LogP contribution >= 0.6 is 24.0 Å². The Bertz CT molecular complexity index is 661. The molecule has 1 atom stereocenters. The van der Waals surface area contributed by atoms with Crippen LogP contribution in [0, 0.1) is 5.92 Å². The summed E-state index contributed by atoms with van der Waals surface area (Å²) in [6.45, 7) is 7.71. The van der Waals surface area contributed by atoms with Crippen molar-refractivity contribution in [1.29, 1.82) is 0 Å². The molecule has 0 aliphatic heterocycles. The van der Waals surface area contributed by atoms with Crippen molar-refractivity contribution in [3.63, 3.8) is 0 Å². The van der Waals surface area contributed by atoms with Crippen molar-refractivity contribution in [3.05, 3.63) is 24.3 Å². The molecular formula is C19H34IN3O3S. The van der Waals surface area contributed by atoms with Crippen molar-refractivity contribution in [3.8, 4) is 5.75 Å². The van der Waals surface area contributed by atoms with Crippen LogP contribution in [0.25, 0.3) is 0 Å². The summed E-state index contributed by atoms with van der Waals surface area (Å²) in [6, 6.07) is 6.81. The Hall–Kier alpha value is -1.03. The van der Waals surface area contributed by atoms with Crippen molar-refractivity contribution in [1.82, 2.24) is 10.6 Å². The fourth-order valence-electron chi connectivity index (χ4n) is 2.45. The number of nitrogens with zero attached hydrogens (tertiary/aromatic N) is 1. The molecule has 2 N–H and O–H groups in total.